The van der Waals surface area contributed by atoms with Gasteiger partial charge in [0, 0.05) is 11.5 Å². The summed E-state index contributed by atoms with van der Waals surface area (Å²) in [6.07, 6.45) is 1.46. The van der Waals surface area contributed by atoms with E-state index in [1.807, 2.05) is 30.3 Å². The summed E-state index contributed by atoms with van der Waals surface area (Å²) in [5.41, 5.74) is 1.75. The monoisotopic (exact) mass is 404 g/mol. The summed E-state index contributed by atoms with van der Waals surface area (Å²) >= 11 is 0.753. The number of nitrogens with one attached hydrogen (secondary N) is 1. The molecule has 0 saturated carbocycles. The topological polar surface area (TPSA) is 113 Å². The Labute approximate surface area is 162 Å². The predicted octanol–water partition coefficient (Wildman–Crippen LogP) is 3.39. The van der Waals surface area contributed by atoms with Crippen molar-refractivity contribution in [3.05, 3.63) is 41.0 Å². The smallest absolute Gasteiger partial charge is 0.268 e. The zero-order valence-corrected chi connectivity index (χ0v) is 17.1. The Kier molecular flexibility index (Phi) is 6.46. The third kappa shape index (κ3) is 4.99. The van der Waals surface area contributed by atoms with Gasteiger partial charge in [-0.25, -0.2) is 8.42 Å². The van der Waals surface area contributed by atoms with Crippen LogP contribution in [0.3, 0.4) is 0 Å². The molecule has 0 radical (unpaired) electrons. The largest absolute Gasteiger partial charge is 0.296 e. The zero-order valence-electron chi connectivity index (χ0n) is 15.4. The highest BCUT2D eigenvalue weighted by atomic mass is 32.2. The molecule has 0 aliphatic rings. The molecular formula is C18H20N4O3S2. The lowest BCUT2D eigenvalue weighted by Gasteiger charge is -2.05. The van der Waals surface area contributed by atoms with E-state index >= 15 is 0 Å². The molecule has 2 aromatic rings. The molecule has 1 aromatic carbocycles. The van der Waals surface area contributed by atoms with Crippen LogP contribution in [0.2, 0.25) is 0 Å². The molecular weight excluding hydrogens is 384 g/mol. The highest BCUT2D eigenvalue weighted by Crippen LogP contribution is 2.20. The lowest BCUT2D eigenvalue weighted by Crippen LogP contribution is -2.16. The molecule has 0 saturated heterocycles. The van der Waals surface area contributed by atoms with Crippen LogP contribution in [0.25, 0.3) is 6.08 Å². The highest BCUT2D eigenvalue weighted by molar-refractivity contribution is 7.91. The second-order valence-corrected chi connectivity index (χ2v) is 9.57. The van der Waals surface area contributed by atoms with E-state index in [4.69, 9.17) is 0 Å². The van der Waals surface area contributed by atoms with Crippen molar-refractivity contribution in [2.75, 3.05) is 5.32 Å². The molecule has 0 atom stereocenters. The number of nitriles is 1. The number of anilines is 1. The lowest BCUT2D eigenvalue weighted by molar-refractivity contribution is -0.112. The number of aromatic nitrogens is 2. The molecule has 1 aromatic heterocycles. The van der Waals surface area contributed by atoms with Crippen LogP contribution in [-0.4, -0.2) is 28.9 Å². The van der Waals surface area contributed by atoms with Crippen molar-refractivity contribution in [1.29, 1.82) is 5.26 Å². The van der Waals surface area contributed by atoms with Crippen LogP contribution in [0.15, 0.2) is 35.0 Å². The summed E-state index contributed by atoms with van der Waals surface area (Å²) in [7, 11) is -3.62. The average molecular weight is 405 g/mol. The molecule has 1 N–H and O–H groups in total. The molecule has 0 aliphatic carbocycles. The van der Waals surface area contributed by atoms with E-state index in [1.165, 1.54) is 19.9 Å². The molecule has 0 spiro atoms. The minimum atomic E-state index is -3.62. The van der Waals surface area contributed by atoms with Crippen LogP contribution in [-0.2, 0) is 14.6 Å². The van der Waals surface area contributed by atoms with Crippen molar-refractivity contribution in [1.82, 2.24) is 9.36 Å². The first-order valence-corrected chi connectivity index (χ1v) is 10.6. The molecule has 1 heterocycles. The number of rotatable bonds is 6. The van der Waals surface area contributed by atoms with Gasteiger partial charge in [0.1, 0.15) is 11.6 Å². The van der Waals surface area contributed by atoms with Crippen LogP contribution < -0.4 is 5.32 Å². The summed E-state index contributed by atoms with van der Waals surface area (Å²) in [4.78, 5) is 16.2. The van der Waals surface area contributed by atoms with E-state index < -0.39 is 21.0 Å². The van der Waals surface area contributed by atoms with Crippen molar-refractivity contribution >= 4 is 38.5 Å². The molecule has 142 valence electrons. The maximum Gasteiger partial charge on any atom is 0.268 e. The van der Waals surface area contributed by atoms with Crippen LogP contribution in [0, 0.1) is 11.3 Å². The highest BCUT2D eigenvalue weighted by Gasteiger charge is 2.25. The number of hydrogen-bond donors (Lipinski definition) is 1. The minimum absolute atomic E-state index is 0.0236. The van der Waals surface area contributed by atoms with E-state index in [0.29, 0.717) is 11.5 Å². The first kappa shape index (κ1) is 20.7. The maximum absolute atomic E-state index is 12.3. The van der Waals surface area contributed by atoms with Gasteiger partial charge in [-0.1, -0.05) is 38.1 Å². The minimum Gasteiger partial charge on any atom is -0.296 e. The van der Waals surface area contributed by atoms with Gasteiger partial charge in [0.2, 0.25) is 15.0 Å². The third-order valence-corrected chi connectivity index (χ3v) is 6.46. The van der Waals surface area contributed by atoms with Crippen molar-refractivity contribution in [3.63, 3.8) is 0 Å². The summed E-state index contributed by atoms with van der Waals surface area (Å²) in [5.74, 6) is -0.287. The Bertz CT molecular complexity index is 998. The number of amides is 1. The Balaban J connectivity index is 2.18. The van der Waals surface area contributed by atoms with Gasteiger partial charge in [0.25, 0.3) is 11.1 Å². The van der Waals surface area contributed by atoms with Crippen LogP contribution in [0.1, 0.15) is 44.7 Å². The Morgan fingerprint density at radius 1 is 1.22 bits per heavy atom. The van der Waals surface area contributed by atoms with Gasteiger partial charge in [0.05, 0.1) is 5.25 Å². The normalized spacial score (nSPS) is 12.3. The third-order valence-electron chi connectivity index (χ3n) is 3.78. The zero-order chi connectivity index (χ0) is 20.2. The molecule has 0 unspecified atom stereocenters. The first-order chi connectivity index (χ1) is 12.6. The molecule has 0 aliphatic heterocycles. The van der Waals surface area contributed by atoms with Gasteiger partial charge in [-0.05, 0) is 37.0 Å². The molecule has 0 fully saturated rings. The number of nitrogens with zero attached hydrogens (tertiary/aromatic N) is 3. The van der Waals surface area contributed by atoms with Crippen molar-refractivity contribution < 1.29 is 13.2 Å². The molecule has 27 heavy (non-hydrogen) atoms. The van der Waals surface area contributed by atoms with Gasteiger partial charge < -0.3 is 0 Å². The average Bonchev–Trinajstić information content (AvgIpc) is 3.09. The number of carbonyl (C=O) groups excluding carboxylic acids is 1. The predicted molar refractivity (Wildman–Crippen MR) is 105 cm³/mol. The van der Waals surface area contributed by atoms with E-state index in [2.05, 4.69) is 28.5 Å². The summed E-state index contributed by atoms with van der Waals surface area (Å²) < 4.78 is 27.9. The van der Waals surface area contributed by atoms with Crippen molar-refractivity contribution in [2.45, 2.75) is 44.0 Å². The first-order valence-electron chi connectivity index (χ1n) is 8.26. The second-order valence-electron chi connectivity index (χ2n) is 6.42. The van der Waals surface area contributed by atoms with Crippen LogP contribution in [0.4, 0.5) is 5.13 Å². The molecule has 1 amide bonds. The SMILES string of the molecule is CC(C)c1ccc(C=C(C#N)C(=O)Nc2nc(S(=O)(=O)C(C)C)ns2)cc1. The quantitative estimate of drug-likeness (QED) is 0.583. The molecule has 0 bridgehead atoms. The Morgan fingerprint density at radius 2 is 1.85 bits per heavy atom. The summed E-state index contributed by atoms with van der Waals surface area (Å²) in [5, 5.41) is 10.7. The van der Waals surface area contributed by atoms with Gasteiger partial charge in [-0.15, -0.1) is 0 Å². The molecule has 2 rings (SSSR count). The van der Waals surface area contributed by atoms with E-state index in [-0.39, 0.29) is 15.9 Å². The number of benzene rings is 1. The Morgan fingerprint density at radius 3 is 2.37 bits per heavy atom. The maximum atomic E-state index is 12.3. The molecule has 9 heteroatoms. The fraction of sp³-hybridized carbons (Fsp3) is 0.333. The fourth-order valence-electron chi connectivity index (χ4n) is 2.04. The van der Waals surface area contributed by atoms with Gasteiger partial charge in [0.15, 0.2) is 0 Å². The van der Waals surface area contributed by atoms with E-state index in [0.717, 1.165) is 17.1 Å². The molecule has 7 nitrogen and oxygen atoms in total. The summed E-state index contributed by atoms with van der Waals surface area (Å²) in [6, 6.07) is 9.40. The van der Waals surface area contributed by atoms with E-state index in [9.17, 15) is 18.5 Å². The van der Waals surface area contributed by atoms with Crippen molar-refractivity contribution in [3.8, 4) is 6.07 Å². The van der Waals surface area contributed by atoms with Crippen LogP contribution >= 0.6 is 11.5 Å². The van der Waals surface area contributed by atoms with Crippen molar-refractivity contribution in [2.24, 2.45) is 0 Å². The lowest BCUT2D eigenvalue weighted by atomic mass is 10.0. The number of sulfone groups is 1. The van der Waals surface area contributed by atoms with Gasteiger partial charge in [-0.2, -0.15) is 14.6 Å². The van der Waals surface area contributed by atoms with Gasteiger partial charge >= 0.3 is 0 Å². The number of hydrogen-bond acceptors (Lipinski definition) is 7. The second kappa shape index (κ2) is 8.41. The number of carbonyl (C=O) groups is 1. The standard InChI is InChI=1S/C18H20N4O3S2/c1-11(2)14-7-5-13(6-8-14)9-15(10-19)16(23)20-17-21-18(22-26-17)27(24,25)12(3)4/h5-9,11-12H,1-4H3,(H,20,21,22,23). The Hall–Kier alpha value is -2.57. The van der Waals surface area contributed by atoms with Crippen LogP contribution in [0.5, 0.6) is 0 Å². The van der Waals surface area contributed by atoms with E-state index in [1.54, 1.807) is 0 Å². The fourth-order valence-corrected chi connectivity index (χ4v) is 3.74. The summed E-state index contributed by atoms with van der Waals surface area (Å²) in [6.45, 7) is 7.20. The van der Waals surface area contributed by atoms with Gasteiger partial charge in [-0.3, -0.25) is 10.1 Å².